The van der Waals surface area contributed by atoms with Gasteiger partial charge in [-0.25, -0.2) is 9.59 Å². The van der Waals surface area contributed by atoms with Crippen molar-refractivity contribution in [3.63, 3.8) is 0 Å². The summed E-state index contributed by atoms with van der Waals surface area (Å²) in [6.07, 6.45) is 0.404. The maximum atomic E-state index is 12.2. The molecule has 0 unspecified atom stereocenters. The van der Waals surface area contributed by atoms with Crippen molar-refractivity contribution in [3.05, 3.63) is 32.4 Å². The van der Waals surface area contributed by atoms with E-state index in [2.05, 4.69) is 22.6 Å². The molecule has 0 saturated heterocycles. The topological polar surface area (TPSA) is 55.8 Å². The van der Waals surface area contributed by atoms with Crippen LogP contribution in [-0.2, 0) is 22.4 Å². The molecule has 2 rings (SSSR count). The van der Waals surface area contributed by atoms with Crippen LogP contribution in [0.1, 0.15) is 42.3 Å². The van der Waals surface area contributed by atoms with E-state index in [0.29, 0.717) is 25.1 Å². The van der Waals surface area contributed by atoms with Crippen molar-refractivity contribution < 1.29 is 19.1 Å². The molecule has 1 amide bonds. The number of ether oxygens (including phenoxy) is 2. The van der Waals surface area contributed by atoms with Crippen LogP contribution in [0.4, 0.5) is 4.79 Å². The van der Waals surface area contributed by atoms with Crippen LogP contribution in [0, 0.1) is 3.57 Å². The first-order chi connectivity index (χ1) is 10.2. The standard InChI is InChI=1S/C16H20INO4/c1-16(2,3)22-15(20)18-6-5-10-7-11(14(19)21-4)8-13(17)12(10)9-18/h7-8H,5-6,9H2,1-4H3. The van der Waals surface area contributed by atoms with Crippen molar-refractivity contribution in [1.29, 1.82) is 0 Å². The fraction of sp³-hybridized carbons (Fsp3) is 0.500. The maximum Gasteiger partial charge on any atom is 0.410 e. The fourth-order valence-corrected chi connectivity index (χ4v) is 3.19. The first kappa shape index (κ1) is 17.1. The minimum Gasteiger partial charge on any atom is -0.465 e. The Balaban J connectivity index is 2.21. The summed E-state index contributed by atoms with van der Waals surface area (Å²) in [7, 11) is 1.37. The smallest absolute Gasteiger partial charge is 0.410 e. The van der Waals surface area contributed by atoms with Gasteiger partial charge in [0, 0.05) is 10.1 Å². The molecule has 0 N–H and O–H groups in total. The number of amides is 1. The first-order valence-corrected chi connectivity index (χ1v) is 8.16. The van der Waals surface area contributed by atoms with Crippen LogP contribution in [0.5, 0.6) is 0 Å². The number of methoxy groups -OCH3 is 1. The molecule has 0 atom stereocenters. The highest BCUT2D eigenvalue weighted by atomic mass is 127. The van der Waals surface area contributed by atoms with Crippen molar-refractivity contribution in [2.75, 3.05) is 13.7 Å². The molecule has 0 bridgehead atoms. The van der Waals surface area contributed by atoms with E-state index in [0.717, 1.165) is 14.7 Å². The number of halogens is 1. The van der Waals surface area contributed by atoms with E-state index in [-0.39, 0.29) is 12.1 Å². The van der Waals surface area contributed by atoms with Crippen molar-refractivity contribution in [2.45, 2.75) is 39.3 Å². The Bertz CT molecular complexity index is 607. The largest absolute Gasteiger partial charge is 0.465 e. The van der Waals surface area contributed by atoms with Gasteiger partial charge in [-0.1, -0.05) is 0 Å². The number of carbonyl (C=O) groups excluding carboxylic acids is 2. The average molecular weight is 417 g/mol. The van der Waals surface area contributed by atoms with Crippen LogP contribution >= 0.6 is 22.6 Å². The summed E-state index contributed by atoms with van der Waals surface area (Å²) in [6, 6.07) is 3.65. The molecule has 0 spiro atoms. The Morgan fingerprint density at radius 1 is 1.27 bits per heavy atom. The van der Waals surface area contributed by atoms with Gasteiger partial charge in [-0.2, -0.15) is 0 Å². The molecule has 0 radical (unpaired) electrons. The van der Waals surface area contributed by atoms with Crippen LogP contribution in [0.2, 0.25) is 0 Å². The molecule has 0 aromatic heterocycles. The molecule has 0 fully saturated rings. The van der Waals surface area contributed by atoms with Crippen LogP contribution < -0.4 is 0 Å². The predicted molar refractivity (Wildman–Crippen MR) is 90.8 cm³/mol. The van der Waals surface area contributed by atoms with Gasteiger partial charge in [0.05, 0.1) is 19.2 Å². The molecule has 1 heterocycles. The molecule has 1 aromatic rings. The average Bonchev–Trinajstić information content (AvgIpc) is 2.44. The second kappa shape index (κ2) is 6.44. The number of nitrogens with zero attached hydrogens (tertiary/aromatic N) is 1. The number of fused-ring (bicyclic) bond motifs is 1. The Kier molecular flexibility index (Phi) is 4.99. The summed E-state index contributed by atoms with van der Waals surface area (Å²) < 4.78 is 11.2. The van der Waals surface area contributed by atoms with Gasteiger partial charge in [0.25, 0.3) is 0 Å². The predicted octanol–water partition coefficient (Wildman–Crippen LogP) is 3.37. The summed E-state index contributed by atoms with van der Waals surface area (Å²) in [6.45, 7) is 6.66. The molecule has 1 aromatic carbocycles. The lowest BCUT2D eigenvalue weighted by atomic mass is 9.97. The molecule has 5 nitrogen and oxygen atoms in total. The quantitative estimate of drug-likeness (QED) is 0.520. The highest BCUT2D eigenvalue weighted by molar-refractivity contribution is 14.1. The number of rotatable bonds is 1. The summed E-state index contributed by atoms with van der Waals surface area (Å²) in [5.41, 5.74) is 2.22. The second-order valence-corrected chi connectivity index (χ2v) is 7.40. The Morgan fingerprint density at radius 2 is 1.95 bits per heavy atom. The minimum absolute atomic E-state index is 0.300. The molecule has 1 aliphatic rings. The minimum atomic E-state index is -0.501. The molecular weight excluding hydrogens is 397 g/mol. The Morgan fingerprint density at radius 3 is 2.55 bits per heavy atom. The lowest BCUT2D eigenvalue weighted by Crippen LogP contribution is -2.40. The third-order valence-electron chi connectivity index (χ3n) is 3.36. The molecule has 120 valence electrons. The molecule has 0 aliphatic carbocycles. The zero-order valence-electron chi connectivity index (χ0n) is 13.2. The van der Waals surface area contributed by atoms with E-state index < -0.39 is 5.60 Å². The maximum absolute atomic E-state index is 12.2. The number of hydrogen-bond acceptors (Lipinski definition) is 4. The van der Waals surface area contributed by atoms with Gasteiger partial charge in [0.15, 0.2) is 0 Å². The zero-order valence-corrected chi connectivity index (χ0v) is 15.4. The lowest BCUT2D eigenvalue weighted by Gasteiger charge is -2.32. The number of carbonyl (C=O) groups is 2. The van der Waals surface area contributed by atoms with Gasteiger partial charge in [-0.15, -0.1) is 0 Å². The van der Waals surface area contributed by atoms with Crippen molar-refractivity contribution in [3.8, 4) is 0 Å². The number of esters is 1. The summed E-state index contributed by atoms with van der Waals surface area (Å²) in [4.78, 5) is 25.6. The summed E-state index contributed by atoms with van der Waals surface area (Å²) in [5.74, 6) is -0.338. The Labute approximate surface area is 144 Å². The highest BCUT2D eigenvalue weighted by Crippen LogP contribution is 2.27. The van der Waals surface area contributed by atoms with Gasteiger partial charge in [-0.05, 0) is 73.0 Å². The van der Waals surface area contributed by atoms with E-state index in [4.69, 9.17) is 9.47 Å². The SMILES string of the molecule is COC(=O)c1cc(I)c2c(c1)CCN(C(=O)OC(C)(C)C)C2. The summed E-state index contributed by atoms with van der Waals surface area (Å²) in [5, 5.41) is 0. The molecular formula is C16H20INO4. The van der Waals surface area contributed by atoms with E-state index in [1.54, 1.807) is 11.0 Å². The van der Waals surface area contributed by atoms with Crippen LogP contribution in [0.3, 0.4) is 0 Å². The van der Waals surface area contributed by atoms with Crippen molar-refractivity contribution in [1.82, 2.24) is 4.90 Å². The highest BCUT2D eigenvalue weighted by Gasteiger charge is 2.27. The van der Waals surface area contributed by atoms with E-state index >= 15 is 0 Å². The first-order valence-electron chi connectivity index (χ1n) is 7.09. The van der Waals surface area contributed by atoms with Gasteiger partial charge in [0.1, 0.15) is 5.60 Å². The van der Waals surface area contributed by atoms with Crippen molar-refractivity contribution in [2.24, 2.45) is 0 Å². The summed E-state index contributed by atoms with van der Waals surface area (Å²) >= 11 is 2.19. The monoisotopic (exact) mass is 417 g/mol. The van der Waals surface area contributed by atoms with E-state index in [1.165, 1.54) is 7.11 Å². The van der Waals surface area contributed by atoms with Gasteiger partial charge < -0.3 is 14.4 Å². The van der Waals surface area contributed by atoms with Gasteiger partial charge >= 0.3 is 12.1 Å². The third kappa shape index (κ3) is 3.91. The molecule has 1 aliphatic heterocycles. The van der Waals surface area contributed by atoms with Crippen molar-refractivity contribution >= 4 is 34.7 Å². The molecule has 0 saturated carbocycles. The molecule has 6 heteroatoms. The van der Waals surface area contributed by atoms with Crippen LogP contribution in [0.15, 0.2) is 12.1 Å². The fourth-order valence-electron chi connectivity index (χ4n) is 2.34. The van der Waals surface area contributed by atoms with Gasteiger partial charge in [-0.3, -0.25) is 0 Å². The molecule has 22 heavy (non-hydrogen) atoms. The van der Waals surface area contributed by atoms with Gasteiger partial charge in [0.2, 0.25) is 0 Å². The zero-order chi connectivity index (χ0) is 16.5. The number of benzene rings is 1. The van der Waals surface area contributed by atoms with Crippen LogP contribution in [0.25, 0.3) is 0 Å². The second-order valence-electron chi connectivity index (χ2n) is 6.24. The third-order valence-corrected chi connectivity index (χ3v) is 4.32. The Hall–Kier alpha value is -1.31. The van der Waals surface area contributed by atoms with E-state index in [1.807, 2.05) is 26.8 Å². The normalized spacial score (nSPS) is 14.3. The number of hydrogen-bond donors (Lipinski definition) is 0. The van der Waals surface area contributed by atoms with E-state index in [9.17, 15) is 9.59 Å². The van der Waals surface area contributed by atoms with Crippen LogP contribution in [-0.4, -0.2) is 36.2 Å². The lowest BCUT2D eigenvalue weighted by molar-refractivity contribution is 0.0223.